The fourth-order valence-electron chi connectivity index (χ4n) is 1.32. The van der Waals surface area contributed by atoms with E-state index in [1.165, 1.54) is 25.1 Å². The molecule has 0 fully saturated rings. The fourth-order valence-corrected chi connectivity index (χ4v) is 2.45. The highest BCUT2D eigenvalue weighted by molar-refractivity contribution is 7.85. The van der Waals surface area contributed by atoms with Gasteiger partial charge in [-0.2, -0.15) is 13.2 Å². The average Bonchev–Trinajstić information content (AvgIpc) is 2.26. The Morgan fingerprint density at radius 2 is 2.00 bits per heavy atom. The highest BCUT2D eigenvalue weighted by atomic mass is 32.2. The molecule has 18 heavy (non-hydrogen) atoms. The highest BCUT2D eigenvalue weighted by Crippen LogP contribution is 2.22. The first-order valence-electron chi connectivity index (χ1n) is 4.88. The van der Waals surface area contributed by atoms with E-state index in [0.29, 0.717) is 5.56 Å². The van der Waals surface area contributed by atoms with Gasteiger partial charge in [-0.1, -0.05) is 6.07 Å². The van der Waals surface area contributed by atoms with Crippen LogP contribution in [0.15, 0.2) is 23.1 Å². The Morgan fingerprint density at radius 3 is 2.50 bits per heavy atom. The zero-order chi connectivity index (χ0) is 13.9. The largest absolute Gasteiger partial charge is 0.465 e. The minimum atomic E-state index is -4.52. The smallest absolute Gasteiger partial charge is 0.400 e. The quantitative estimate of drug-likeness (QED) is 0.799. The van der Waals surface area contributed by atoms with Gasteiger partial charge in [0.2, 0.25) is 0 Å². The highest BCUT2D eigenvalue weighted by Gasteiger charge is 2.31. The van der Waals surface area contributed by atoms with Crippen molar-refractivity contribution in [3.8, 4) is 0 Å². The topological polar surface area (TPSA) is 43.4 Å². The van der Waals surface area contributed by atoms with Gasteiger partial charge in [-0.15, -0.1) is 0 Å². The van der Waals surface area contributed by atoms with Gasteiger partial charge >= 0.3 is 12.1 Å². The number of methoxy groups -OCH3 is 1. The van der Waals surface area contributed by atoms with Crippen molar-refractivity contribution in [2.75, 3.05) is 12.9 Å². The number of esters is 1. The maximum absolute atomic E-state index is 12.2. The lowest BCUT2D eigenvalue weighted by Gasteiger charge is -2.10. The first-order valence-corrected chi connectivity index (χ1v) is 6.20. The summed E-state index contributed by atoms with van der Waals surface area (Å²) < 4.78 is 52.5. The molecule has 1 atom stereocenters. The molecule has 0 saturated heterocycles. The van der Waals surface area contributed by atoms with Crippen LogP contribution in [-0.2, 0) is 15.5 Å². The number of rotatable bonds is 3. The van der Waals surface area contributed by atoms with Crippen LogP contribution in [0.3, 0.4) is 0 Å². The van der Waals surface area contributed by atoms with Crippen molar-refractivity contribution in [3.05, 3.63) is 29.3 Å². The number of benzene rings is 1. The van der Waals surface area contributed by atoms with Crippen molar-refractivity contribution in [1.82, 2.24) is 0 Å². The van der Waals surface area contributed by atoms with Crippen molar-refractivity contribution >= 4 is 16.8 Å². The Bertz CT molecular complexity index is 483. The van der Waals surface area contributed by atoms with E-state index in [4.69, 9.17) is 0 Å². The molecule has 1 rings (SSSR count). The molecule has 0 saturated carbocycles. The molecule has 1 aromatic carbocycles. The summed E-state index contributed by atoms with van der Waals surface area (Å²) >= 11 is 0. The summed E-state index contributed by atoms with van der Waals surface area (Å²) in [6.07, 6.45) is -4.52. The normalized spacial score (nSPS) is 13.2. The summed E-state index contributed by atoms with van der Waals surface area (Å²) in [6.45, 7) is 1.53. The zero-order valence-electron chi connectivity index (χ0n) is 9.71. The van der Waals surface area contributed by atoms with Crippen molar-refractivity contribution in [1.29, 1.82) is 0 Å². The van der Waals surface area contributed by atoms with Gasteiger partial charge in [-0.3, -0.25) is 4.21 Å². The van der Waals surface area contributed by atoms with E-state index in [9.17, 15) is 22.2 Å². The number of carbonyl (C=O) groups excluding carboxylic acids is 1. The van der Waals surface area contributed by atoms with Gasteiger partial charge in [0.25, 0.3) is 0 Å². The van der Waals surface area contributed by atoms with Gasteiger partial charge in [-0.25, -0.2) is 4.79 Å². The lowest BCUT2D eigenvalue weighted by atomic mass is 10.1. The number of alkyl halides is 3. The molecule has 0 aliphatic heterocycles. The summed E-state index contributed by atoms with van der Waals surface area (Å²) in [5.41, 5.74) is 0.513. The van der Waals surface area contributed by atoms with Crippen LogP contribution in [-0.4, -0.2) is 29.2 Å². The van der Waals surface area contributed by atoms with Crippen LogP contribution >= 0.6 is 0 Å². The van der Waals surface area contributed by atoms with E-state index in [-0.39, 0.29) is 10.5 Å². The molecule has 7 heteroatoms. The Morgan fingerprint density at radius 1 is 1.39 bits per heavy atom. The van der Waals surface area contributed by atoms with Crippen LogP contribution in [0.2, 0.25) is 0 Å². The SMILES string of the molecule is COC(=O)c1ccc(C)c(S(=O)CC(F)(F)F)c1. The third-order valence-corrected chi connectivity index (χ3v) is 3.67. The number of hydrogen-bond acceptors (Lipinski definition) is 3. The molecule has 0 radical (unpaired) electrons. The lowest BCUT2D eigenvalue weighted by molar-refractivity contribution is -0.105. The Hall–Kier alpha value is -1.37. The summed E-state index contributed by atoms with van der Waals surface area (Å²) in [7, 11) is -1.06. The molecule has 1 unspecified atom stereocenters. The molecule has 0 spiro atoms. The predicted molar refractivity (Wildman–Crippen MR) is 59.8 cm³/mol. The van der Waals surface area contributed by atoms with Crippen LogP contribution in [0.5, 0.6) is 0 Å². The van der Waals surface area contributed by atoms with Gasteiger partial charge < -0.3 is 4.74 Å². The number of hydrogen-bond donors (Lipinski definition) is 0. The van der Waals surface area contributed by atoms with Crippen LogP contribution in [0.25, 0.3) is 0 Å². The molecule has 1 aromatic rings. The average molecular weight is 280 g/mol. The second-order valence-electron chi connectivity index (χ2n) is 3.58. The van der Waals surface area contributed by atoms with Gasteiger partial charge in [0.15, 0.2) is 0 Å². The molecule has 0 amide bonds. The molecular formula is C11H11F3O3S. The van der Waals surface area contributed by atoms with Crippen molar-refractivity contribution in [2.24, 2.45) is 0 Å². The van der Waals surface area contributed by atoms with Gasteiger partial charge in [0.1, 0.15) is 5.75 Å². The minimum Gasteiger partial charge on any atom is -0.465 e. The minimum absolute atomic E-state index is 0.00442. The maximum atomic E-state index is 12.2. The van der Waals surface area contributed by atoms with E-state index >= 15 is 0 Å². The van der Waals surface area contributed by atoms with Gasteiger partial charge in [-0.05, 0) is 24.6 Å². The predicted octanol–water partition coefficient (Wildman–Crippen LogP) is 2.45. The standard InChI is InChI=1S/C11H11F3O3S/c1-7-3-4-8(10(15)17-2)5-9(7)18(16)6-11(12,13)14/h3-5H,6H2,1-2H3. The monoisotopic (exact) mass is 280 g/mol. The van der Waals surface area contributed by atoms with E-state index in [1.54, 1.807) is 0 Å². The Balaban J connectivity index is 3.08. The molecule has 0 N–H and O–H groups in total. The lowest BCUT2D eigenvalue weighted by Crippen LogP contribution is -2.19. The van der Waals surface area contributed by atoms with Crippen molar-refractivity contribution < 1.29 is 26.9 Å². The van der Waals surface area contributed by atoms with Crippen LogP contribution < -0.4 is 0 Å². The first kappa shape index (κ1) is 14.7. The zero-order valence-corrected chi connectivity index (χ0v) is 10.5. The summed E-state index contributed by atoms with van der Waals surface area (Å²) in [6, 6.07) is 4.02. The molecular weight excluding hydrogens is 269 g/mol. The first-order chi connectivity index (χ1) is 8.24. The van der Waals surface area contributed by atoms with E-state index in [0.717, 1.165) is 7.11 Å². The number of ether oxygens (including phenoxy) is 1. The number of carbonyl (C=O) groups is 1. The molecule has 0 aromatic heterocycles. The fraction of sp³-hybridized carbons (Fsp3) is 0.364. The third-order valence-electron chi connectivity index (χ3n) is 2.15. The maximum Gasteiger partial charge on any atom is 0.400 e. The third kappa shape index (κ3) is 3.83. The Labute approximate surface area is 104 Å². The van der Waals surface area contributed by atoms with Crippen molar-refractivity contribution in [2.45, 2.75) is 18.0 Å². The van der Waals surface area contributed by atoms with Gasteiger partial charge in [0, 0.05) is 4.90 Å². The van der Waals surface area contributed by atoms with Crippen LogP contribution in [0, 0.1) is 6.92 Å². The summed E-state index contributed by atoms with van der Waals surface area (Å²) in [4.78, 5) is 11.2. The van der Waals surface area contributed by atoms with E-state index < -0.39 is 28.7 Å². The van der Waals surface area contributed by atoms with Crippen molar-refractivity contribution in [3.63, 3.8) is 0 Å². The molecule has 0 aliphatic rings. The Kier molecular flexibility index (Phi) is 4.50. The van der Waals surface area contributed by atoms with Gasteiger partial charge in [0.05, 0.1) is 23.5 Å². The van der Waals surface area contributed by atoms with Crippen LogP contribution in [0.4, 0.5) is 13.2 Å². The van der Waals surface area contributed by atoms with E-state index in [1.807, 2.05) is 0 Å². The summed E-state index contributed by atoms with van der Waals surface area (Å²) in [5.74, 6) is -2.11. The number of aryl methyl sites for hydroxylation is 1. The molecule has 3 nitrogen and oxygen atoms in total. The van der Waals surface area contributed by atoms with E-state index in [2.05, 4.69) is 4.74 Å². The molecule has 0 bridgehead atoms. The molecule has 0 heterocycles. The molecule has 0 aliphatic carbocycles. The molecule has 100 valence electrons. The second-order valence-corrected chi connectivity index (χ2v) is 5.00. The summed E-state index contributed by atoms with van der Waals surface area (Å²) in [5, 5.41) is 0. The number of halogens is 3. The van der Waals surface area contributed by atoms with Crippen LogP contribution in [0.1, 0.15) is 15.9 Å². The second kappa shape index (κ2) is 5.51.